The minimum Gasteiger partial charge on any atom is -0.354 e. The maximum atomic E-state index is 16.5. The van der Waals surface area contributed by atoms with E-state index in [1.165, 1.54) is 53.8 Å². The minimum absolute atomic E-state index is 0.0566. The third-order valence-corrected chi connectivity index (χ3v) is 12.1. The highest BCUT2D eigenvalue weighted by atomic mass is 19.1. The number of fused-ring (bicyclic) bond motifs is 5. The maximum Gasteiger partial charge on any atom is 0.142 e. The molecule has 0 aromatic heterocycles. The van der Waals surface area contributed by atoms with E-state index < -0.39 is 6.17 Å². The average molecular weight is 625 g/mol. The number of hydrogen-bond acceptors (Lipinski definition) is 4. The second kappa shape index (κ2) is 11.6. The number of aryl methyl sites for hydroxylation is 1. The average Bonchev–Trinajstić information content (AvgIpc) is 3.59. The molecule has 240 valence electrons. The summed E-state index contributed by atoms with van der Waals surface area (Å²) in [5.74, 6) is 0.375. The zero-order chi connectivity index (χ0) is 31.6. The molecule has 3 aliphatic carbocycles. The van der Waals surface area contributed by atoms with Crippen molar-refractivity contribution in [2.24, 2.45) is 4.99 Å². The van der Waals surface area contributed by atoms with Crippen LogP contribution in [0.2, 0.25) is 0 Å². The maximum absolute atomic E-state index is 16.5. The number of alkyl halides is 1. The van der Waals surface area contributed by atoms with Crippen LogP contribution in [0.1, 0.15) is 86.8 Å². The Morgan fingerprint density at radius 2 is 1.87 bits per heavy atom. The topological polar surface area (TPSA) is 22.1 Å². The van der Waals surface area contributed by atoms with Crippen molar-refractivity contribution < 1.29 is 4.39 Å². The van der Waals surface area contributed by atoms with Gasteiger partial charge in [-0.05, 0) is 116 Å². The molecule has 2 aromatic rings. The van der Waals surface area contributed by atoms with Crippen molar-refractivity contribution in [3.63, 3.8) is 0 Å². The Labute approximate surface area is 279 Å². The Balaban J connectivity index is 1.09. The first-order valence-electron chi connectivity index (χ1n) is 18.0. The number of anilines is 2. The molecule has 2 fully saturated rings. The van der Waals surface area contributed by atoms with Gasteiger partial charge in [-0.2, -0.15) is 0 Å². The Morgan fingerprint density at radius 3 is 2.68 bits per heavy atom. The highest BCUT2D eigenvalue weighted by molar-refractivity contribution is 5.75. The van der Waals surface area contributed by atoms with Gasteiger partial charge in [0, 0.05) is 48.6 Å². The van der Waals surface area contributed by atoms with Gasteiger partial charge in [-0.3, -0.25) is 4.99 Å². The number of allylic oxidation sites excluding steroid dienone is 6. The molecule has 0 saturated heterocycles. The Bertz CT molecular complexity index is 1740. The number of hydrogen-bond donors (Lipinski definition) is 0. The summed E-state index contributed by atoms with van der Waals surface area (Å²) in [5, 5.41) is 0. The highest BCUT2D eigenvalue weighted by Crippen LogP contribution is 2.56. The van der Waals surface area contributed by atoms with E-state index in [1.807, 2.05) is 12.3 Å². The zero-order valence-electron chi connectivity index (χ0n) is 27.7. The molecule has 2 aromatic carbocycles. The summed E-state index contributed by atoms with van der Waals surface area (Å²) in [7, 11) is 2.11. The molecule has 7 atom stereocenters. The summed E-state index contributed by atoms with van der Waals surface area (Å²) < 4.78 is 16.5. The minimum atomic E-state index is -0.973. The number of likely N-dealkylation sites (N-methyl/N-ethyl adjacent to an activating group) is 1. The fraction of sp³-hybridized carbons (Fsp3) is 0.452. The predicted octanol–water partition coefficient (Wildman–Crippen LogP) is 8.81. The van der Waals surface area contributed by atoms with Crippen molar-refractivity contribution >= 4 is 23.2 Å². The van der Waals surface area contributed by atoms with Gasteiger partial charge in [0.1, 0.15) is 12.3 Å². The summed E-state index contributed by atoms with van der Waals surface area (Å²) >= 11 is 0. The van der Waals surface area contributed by atoms with E-state index in [1.54, 1.807) is 11.1 Å². The van der Waals surface area contributed by atoms with E-state index in [4.69, 9.17) is 4.99 Å². The molecule has 0 N–H and O–H groups in total. The molecular formula is C42H45FN4. The molecule has 5 heteroatoms. The lowest BCUT2D eigenvalue weighted by molar-refractivity contribution is 0.127. The van der Waals surface area contributed by atoms with Gasteiger partial charge in [0.2, 0.25) is 0 Å². The summed E-state index contributed by atoms with van der Waals surface area (Å²) in [6.07, 6.45) is 24.2. The summed E-state index contributed by atoms with van der Waals surface area (Å²) in [5.41, 5.74) is 12.0. The molecule has 4 aliphatic heterocycles. The SMILES string of the molecule is Cc1ccc2c(c1)N(C1C(F)CC=C(C3CC=CC=N3)N1C)C1CC3C(=C4CCCCC4N3c3c#cc(C4=CCCC=C4)cc3)CC21. The summed E-state index contributed by atoms with van der Waals surface area (Å²) in [6.45, 7) is 2.18. The third kappa shape index (κ3) is 4.73. The van der Waals surface area contributed by atoms with Crippen LogP contribution < -0.4 is 9.80 Å². The lowest BCUT2D eigenvalue weighted by Gasteiger charge is -2.49. The lowest BCUT2D eigenvalue weighted by atomic mass is 9.75. The van der Waals surface area contributed by atoms with E-state index in [0.717, 1.165) is 43.4 Å². The van der Waals surface area contributed by atoms with Gasteiger partial charge in [-0.15, -0.1) is 0 Å². The summed E-state index contributed by atoms with van der Waals surface area (Å²) in [6, 6.07) is 19.7. The van der Waals surface area contributed by atoms with Crippen molar-refractivity contribution in [2.45, 2.75) is 114 Å². The number of halogens is 1. The summed E-state index contributed by atoms with van der Waals surface area (Å²) in [4.78, 5) is 12.3. The van der Waals surface area contributed by atoms with Gasteiger partial charge >= 0.3 is 0 Å². The standard InChI is InChI=1S/C42H45FN4/c1-27-15-20-32-34-25-33-31-12-6-7-14-37(31)46(30-18-16-29(17-19-30)28-10-4-3-5-11-28)40(33)26-41(34)47(39(32)24-27)42-35(43)21-22-38(45(42)2)36-13-8-9-23-44-36/h4,8-11,15-16,18,20,22-24,34-37,40-42H,3,5-7,12-14,21,25-26H2,1-2H3. The van der Waals surface area contributed by atoms with Crippen molar-refractivity contribution in [2.75, 3.05) is 16.8 Å². The molecule has 0 spiro atoms. The van der Waals surface area contributed by atoms with Gasteiger partial charge in [-0.25, -0.2) is 4.39 Å². The normalized spacial score (nSPS) is 32.4. The quantitative estimate of drug-likeness (QED) is 0.318. The number of benzene rings is 1. The Morgan fingerprint density at radius 1 is 0.936 bits per heavy atom. The Kier molecular flexibility index (Phi) is 7.18. The smallest absolute Gasteiger partial charge is 0.142 e. The fourth-order valence-corrected chi connectivity index (χ4v) is 10.0. The molecule has 2 saturated carbocycles. The van der Waals surface area contributed by atoms with Crippen LogP contribution in [0.25, 0.3) is 5.57 Å². The molecule has 7 aliphatic rings. The van der Waals surface area contributed by atoms with Crippen molar-refractivity contribution in [1.29, 1.82) is 0 Å². The van der Waals surface area contributed by atoms with E-state index in [2.05, 4.69) is 102 Å². The van der Waals surface area contributed by atoms with E-state index in [9.17, 15) is 0 Å². The largest absolute Gasteiger partial charge is 0.354 e. The number of dihydropyridines is 1. The first kappa shape index (κ1) is 29.1. The zero-order valence-corrected chi connectivity index (χ0v) is 27.7. The molecule has 0 amide bonds. The molecule has 47 heavy (non-hydrogen) atoms. The Hall–Kier alpha value is -4.04. The van der Waals surface area contributed by atoms with Crippen LogP contribution in [0.5, 0.6) is 0 Å². The van der Waals surface area contributed by atoms with Crippen LogP contribution in [0.4, 0.5) is 15.8 Å². The fourth-order valence-electron chi connectivity index (χ4n) is 10.0. The third-order valence-electron chi connectivity index (χ3n) is 12.1. The highest BCUT2D eigenvalue weighted by Gasteiger charge is 2.54. The predicted molar refractivity (Wildman–Crippen MR) is 191 cm³/mol. The van der Waals surface area contributed by atoms with E-state index in [-0.39, 0.29) is 18.2 Å². The van der Waals surface area contributed by atoms with E-state index in [0.29, 0.717) is 24.4 Å². The van der Waals surface area contributed by atoms with Crippen LogP contribution in [0.3, 0.4) is 0 Å². The van der Waals surface area contributed by atoms with Gasteiger partial charge in [0.05, 0.1) is 23.8 Å². The van der Waals surface area contributed by atoms with Crippen molar-refractivity contribution in [3.8, 4) is 0 Å². The lowest BCUT2D eigenvalue weighted by Crippen LogP contribution is -2.59. The molecule has 4 heterocycles. The monoisotopic (exact) mass is 624 g/mol. The van der Waals surface area contributed by atoms with Crippen LogP contribution in [0.15, 0.2) is 88.6 Å². The van der Waals surface area contributed by atoms with Crippen LogP contribution in [0, 0.1) is 19.1 Å². The molecule has 0 radical (unpaired) electrons. The van der Waals surface area contributed by atoms with Crippen molar-refractivity contribution in [1.82, 2.24) is 4.90 Å². The number of nitrogens with zero attached hydrogens (tertiary/aromatic N) is 4. The second-order valence-corrected chi connectivity index (χ2v) is 14.7. The molecule has 9 rings (SSSR count). The van der Waals surface area contributed by atoms with Gasteiger partial charge in [-0.1, -0.05) is 55.0 Å². The molecule has 4 nitrogen and oxygen atoms in total. The number of rotatable bonds is 4. The number of aliphatic imine (C=N–C) groups is 1. The molecule has 0 bridgehead atoms. The second-order valence-electron chi connectivity index (χ2n) is 14.7. The van der Waals surface area contributed by atoms with Gasteiger partial charge in [0.25, 0.3) is 0 Å². The van der Waals surface area contributed by atoms with Crippen molar-refractivity contribution in [3.05, 3.63) is 112 Å². The van der Waals surface area contributed by atoms with Gasteiger partial charge in [0.15, 0.2) is 0 Å². The van der Waals surface area contributed by atoms with Gasteiger partial charge < -0.3 is 14.7 Å². The molecule has 7 unspecified atom stereocenters. The van der Waals surface area contributed by atoms with Crippen LogP contribution in [-0.2, 0) is 0 Å². The van der Waals surface area contributed by atoms with Crippen LogP contribution >= 0.6 is 0 Å². The van der Waals surface area contributed by atoms with Crippen LogP contribution in [-0.4, -0.2) is 54.7 Å². The van der Waals surface area contributed by atoms with E-state index >= 15 is 4.39 Å². The first-order chi connectivity index (χ1) is 23.1. The first-order valence-corrected chi connectivity index (χ1v) is 18.0. The molecular weight excluding hydrogens is 579 g/mol.